The van der Waals surface area contributed by atoms with E-state index in [1.54, 1.807) is 66.0 Å². The molecule has 4 amide bonds. The van der Waals surface area contributed by atoms with Crippen molar-refractivity contribution < 1.29 is 24.3 Å². The molecule has 0 saturated carbocycles. The standard InChI is InChI=1S/C34H35ClN8O5S/c1-41-18-22(38-33(47)29-28(35)24-5-3-4-6-26(24)49-29)17-25(41)32(46)37-21-9-7-20(8-10-21)31(45)40-27-19-42(2)30(39-27)34(48)36-13-16-43-14-11-23(44)12-15-43/h3-10,17-19,23,44H,11-16H2,1-2H3,(H,36,48)(H,37,46)(H,38,47)(H,40,45). The molecule has 2 aromatic carbocycles. The predicted molar refractivity (Wildman–Crippen MR) is 190 cm³/mol. The molecule has 0 spiro atoms. The summed E-state index contributed by atoms with van der Waals surface area (Å²) in [4.78, 5) is 58.5. The smallest absolute Gasteiger partial charge is 0.287 e. The van der Waals surface area contributed by atoms with Crippen LogP contribution in [-0.2, 0) is 14.1 Å². The van der Waals surface area contributed by atoms with Crippen LogP contribution in [0, 0.1) is 0 Å². The molecule has 49 heavy (non-hydrogen) atoms. The third-order valence-corrected chi connectivity index (χ3v) is 9.91. The zero-order chi connectivity index (χ0) is 34.7. The molecule has 5 N–H and O–H groups in total. The number of nitrogens with one attached hydrogen (secondary N) is 4. The second-order valence-corrected chi connectivity index (χ2v) is 13.2. The number of aliphatic hydroxyl groups excluding tert-OH is 1. The highest BCUT2D eigenvalue weighted by atomic mass is 35.5. The molecule has 6 rings (SSSR count). The number of piperidine rings is 1. The molecule has 5 aromatic rings. The maximum Gasteiger partial charge on any atom is 0.287 e. The van der Waals surface area contributed by atoms with E-state index in [9.17, 15) is 24.3 Å². The highest BCUT2D eigenvalue weighted by Crippen LogP contribution is 2.35. The van der Waals surface area contributed by atoms with Crippen molar-refractivity contribution in [3.8, 4) is 0 Å². The minimum absolute atomic E-state index is 0.162. The van der Waals surface area contributed by atoms with Gasteiger partial charge in [-0.2, -0.15) is 0 Å². The van der Waals surface area contributed by atoms with Crippen LogP contribution in [0.25, 0.3) is 10.1 Å². The number of rotatable bonds is 10. The normalized spacial score (nSPS) is 13.7. The Balaban J connectivity index is 1.01. The Labute approximate surface area is 290 Å². The zero-order valence-electron chi connectivity index (χ0n) is 26.8. The van der Waals surface area contributed by atoms with Gasteiger partial charge in [0, 0.05) is 74.0 Å². The summed E-state index contributed by atoms with van der Waals surface area (Å²) in [5.41, 5.74) is 1.53. The maximum atomic E-state index is 13.1. The molecule has 0 bridgehead atoms. The highest BCUT2D eigenvalue weighted by Gasteiger charge is 2.21. The number of likely N-dealkylation sites (tertiary alicyclic amines) is 1. The molecule has 0 unspecified atom stereocenters. The number of aliphatic hydroxyl groups is 1. The summed E-state index contributed by atoms with van der Waals surface area (Å²) in [6.45, 7) is 2.71. The Morgan fingerprint density at radius 3 is 2.33 bits per heavy atom. The fraction of sp³-hybridized carbons (Fsp3) is 0.265. The molecule has 0 radical (unpaired) electrons. The molecular weight excluding hydrogens is 668 g/mol. The van der Waals surface area contributed by atoms with Crippen LogP contribution in [0.4, 0.5) is 17.2 Å². The first kappa shape index (κ1) is 33.9. The zero-order valence-corrected chi connectivity index (χ0v) is 28.4. The molecule has 1 aliphatic heterocycles. The monoisotopic (exact) mass is 702 g/mol. The number of nitrogens with zero attached hydrogens (tertiary/aromatic N) is 4. The summed E-state index contributed by atoms with van der Waals surface area (Å²) in [6, 6.07) is 15.4. The van der Waals surface area contributed by atoms with Gasteiger partial charge < -0.3 is 40.4 Å². The fourth-order valence-corrected chi connectivity index (χ4v) is 6.99. The number of benzene rings is 2. The summed E-state index contributed by atoms with van der Waals surface area (Å²) in [6.07, 6.45) is 4.41. The van der Waals surface area contributed by atoms with E-state index < -0.39 is 11.8 Å². The second-order valence-electron chi connectivity index (χ2n) is 11.8. The van der Waals surface area contributed by atoms with E-state index in [4.69, 9.17) is 11.6 Å². The molecule has 3 aromatic heterocycles. The lowest BCUT2D eigenvalue weighted by atomic mass is 10.1. The van der Waals surface area contributed by atoms with Gasteiger partial charge in [-0.3, -0.25) is 19.2 Å². The molecule has 1 fully saturated rings. The number of aryl methyl sites for hydroxylation is 2. The number of carbonyl (C=O) groups excluding carboxylic acids is 4. The van der Waals surface area contributed by atoms with Gasteiger partial charge in [0.2, 0.25) is 5.82 Å². The van der Waals surface area contributed by atoms with Crippen LogP contribution in [0.1, 0.15) is 54.0 Å². The van der Waals surface area contributed by atoms with E-state index in [1.807, 2.05) is 24.3 Å². The number of amides is 4. The van der Waals surface area contributed by atoms with Crippen LogP contribution in [0.2, 0.25) is 5.02 Å². The lowest BCUT2D eigenvalue weighted by Gasteiger charge is -2.29. The molecule has 15 heteroatoms. The number of carbonyl (C=O) groups is 4. The van der Waals surface area contributed by atoms with Gasteiger partial charge >= 0.3 is 0 Å². The van der Waals surface area contributed by atoms with Gasteiger partial charge in [-0.25, -0.2) is 4.98 Å². The van der Waals surface area contributed by atoms with Crippen molar-refractivity contribution in [2.45, 2.75) is 18.9 Å². The minimum Gasteiger partial charge on any atom is -0.393 e. The Morgan fingerprint density at radius 2 is 1.59 bits per heavy atom. The van der Waals surface area contributed by atoms with Crippen LogP contribution in [-0.4, -0.2) is 80.0 Å². The average Bonchev–Trinajstić information content (AvgIpc) is 3.75. The SMILES string of the molecule is Cn1cc(NC(=O)c2sc3ccccc3c2Cl)cc1C(=O)Nc1ccc(C(=O)Nc2cn(C)c(C(=O)NCCN3CCC(O)CC3)n2)cc1. The summed E-state index contributed by atoms with van der Waals surface area (Å²) in [5, 5.41) is 22.0. The number of anilines is 3. The molecule has 13 nitrogen and oxygen atoms in total. The molecule has 0 aliphatic carbocycles. The number of fused-ring (bicyclic) bond motifs is 1. The third-order valence-electron chi connectivity index (χ3n) is 8.23. The first-order chi connectivity index (χ1) is 23.5. The van der Waals surface area contributed by atoms with Crippen LogP contribution in [0.5, 0.6) is 0 Å². The lowest BCUT2D eigenvalue weighted by molar-refractivity contribution is 0.0801. The van der Waals surface area contributed by atoms with E-state index in [1.165, 1.54) is 11.3 Å². The highest BCUT2D eigenvalue weighted by molar-refractivity contribution is 7.21. The van der Waals surface area contributed by atoms with Crippen LogP contribution in [0.3, 0.4) is 0 Å². The van der Waals surface area contributed by atoms with Gasteiger partial charge in [-0.05, 0) is 49.2 Å². The summed E-state index contributed by atoms with van der Waals surface area (Å²) < 4.78 is 4.05. The third kappa shape index (κ3) is 7.84. The Kier molecular flexibility index (Phi) is 10.1. The number of imidazole rings is 1. The van der Waals surface area contributed by atoms with E-state index in [0.29, 0.717) is 45.6 Å². The van der Waals surface area contributed by atoms with Crippen LogP contribution >= 0.6 is 22.9 Å². The Hall–Kier alpha value is -5.02. The lowest BCUT2D eigenvalue weighted by Crippen LogP contribution is -2.41. The molecule has 1 saturated heterocycles. The van der Waals surface area contributed by atoms with Crippen molar-refractivity contribution >= 4 is 73.8 Å². The molecular formula is C34H35ClN8O5S. The van der Waals surface area contributed by atoms with E-state index in [0.717, 1.165) is 36.0 Å². The van der Waals surface area contributed by atoms with Gasteiger partial charge in [-0.1, -0.05) is 29.8 Å². The van der Waals surface area contributed by atoms with Crippen molar-refractivity contribution in [2.75, 3.05) is 42.1 Å². The van der Waals surface area contributed by atoms with E-state index >= 15 is 0 Å². The van der Waals surface area contributed by atoms with Crippen LogP contribution in [0.15, 0.2) is 67.0 Å². The molecule has 254 valence electrons. The van der Waals surface area contributed by atoms with E-state index in [2.05, 4.69) is 31.2 Å². The summed E-state index contributed by atoms with van der Waals surface area (Å²) in [7, 11) is 3.37. The number of thiophene rings is 1. The summed E-state index contributed by atoms with van der Waals surface area (Å²) >= 11 is 7.75. The van der Waals surface area contributed by atoms with Gasteiger partial charge in [0.05, 0.1) is 16.8 Å². The van der Waals surface area contributed by atoms with Crippen molar-refractivity contribution in [3.05, 3.63) is 94.0 Å². The topological polar surface area (TPSA) is 163 Å². The molecule has 1 aliphatic rings. The predicted octanol–water partition coefficient (Wildman–Crippen LogP) is 4.57. The van der Waals surface area contributed by atoms with Gasteiger partial charge in [0.15, 0.2) is 5.82 Å². The quantitative estimate of drug-likeness (QED) is 0.142. The number of hydrogen-bond donors (Lipinski definition) is 5. The van der Waals surface area contributed by atoms with Gasteiger partial charge in [0.25, 0.3) is 23.6 Å². The van der Waals surface area contributed by atoms with Crippen LogP contribution < -0.4 is 21.3 Å². The average molecular weight is 703 g/mol. The van der Waals surface area contributed by atoms with Crippen molar-refractivity contribution in [3.63, 3.8) is 0 Å². The largest absolute Gasteiger partial charge is 0.393 e. The van der Waals surface area contributed by atoms with Crippen molar-refractivity contribution in [1.29, 1.82) is 0 Å². The Morgan fingerprint density at radius 1 is 0.878 bits per heavy atom. The molecule has 4 heterocycles. The van der Waals surface area contributed by atoms with Crippen molar-refractivity contribution in [2.24, 2.45) is 14.1 Å². The number of aromatic nitrogens is 3. The van der Waals surface area contributed by atoms with E-state index in [-0.39, 0.29) is 29.6 Å². The minimum atomic E-state index is -0.434. The number of hydrogen-bond acceptors (Lipinski definition) is 8. The first-order valence-electron chi connectivity index (χ1n) is 15.6. The number of halogens is 1. The van der Waals surface area contributed by atoms with Gasteiger partial charge in [0.1, 0.15) is 10.6 Å². The first-order valence-corrected chi connectivity index (χ1v) is 16.8. The maximum absolute atomic E-state index is 13.1. The Bertz CT molecular complexity index is 2030. The molecule has 0 atom stereocenters. The second kappa shape index (κ2) is 14.6. The fourth-order valence-electron chi connectivity index (χ4n) is 5.58. The van der Waals surface area contributed by atoms with Gasteiger partial charge in [-0.15, -0.1) is 11.3 Å². The van der Waals surface area contributed by atoms with Crippen molar-refractivity contribution in [1.82, 2.24) is 24.3 Å². The summed E-state index contributed by atoms with van der Waals surface area (Å²) in [5.74, 6) is -1.18.